The lowest BCUT2D eigenvalue weighted by Gasteiger charge is -2.05. The average Bonchev–Trinajstić information content (AvgIpc) is 2.60. The van der Waals surface area contributed by atoms with Crippen LogP contribution in [0.25, 0.3) is 0 Å². The van der Waals surface area contributed by atoms with Crippen molar-refractivity contribution in [2.24, 2.45) is 5.10 Å². The van der Waals surface area contributed by atoms with Crippen molar-refractivity contribution < 1.29 is 14.3 Å². The first kappa shape index (κ1) is 17.5. The van der Waals surface area contributed by atoms with Gasteiger partial charge in [-0.05, 0) is 30.3 Å². The normalized spacial score (nSPS) is 10.4. The lowest BCUT2D eigenvalue weighted by atomic mass is 10.2. The summed E-state index contributed by atoms with van der Waals surface area (Å²) in [6, 6.07) is 13.7. The van der Waals surface area contributed by atoms with Crippen molar-refractivity contribution in [3.05, 3.63) is 64.7 Å². The van der Waals surface area contributed by atoms with Gasteiger partial charge >= 0.3 is 0 Å². The molecule has 0 spiro atoms. The number of ether oxygens (including phenoxy) is 1. The summed E-state index contributed by atoms with van der Waals surface area (Å²) in [5, 5.41) is 6.78. The number of benzene rings is 2. The van der Waals surface area contributed by atoms with E-state index in [0.29, 0.717) is 16.3 Å². The number of hydrogen-bond donors (Lipinski definition) is 2. The second-order valence-corrected chi connectivity index (χ2v) is 5.16. The summed E-state index contributed by atoms with van der Waals surface area (Å²) in [5.74, 6) is -0.192. The van der Waals surface area contributed by atoms with E-state index in [1.807, 2.05) is 12.1 Å². The van der Waals surface area contributed by atoms with Crippen LogP contribution in [0.2, 0.25) is 5.02 Å². The number of carbonyl (C=O) groups excluding carboxylic acids is 2. The standard InChI is InChI=1S/C17H16ClN3O3/c1-24-15-8-3-2-5-13(15)10-20-21-16(22)11-19-17(23)12-6-4-7-14(18)9-12/h2-10H,11H2,1H3,(H,19,23)(H,21,22). The molecule has 0 aliphatic carbocycles. The number of amides is 2. The van der Waals surface area contributed by atoms with Gasteiger partial charge in [-0.15, -0.1) is 0 Å². The number of nitrogens with zero attached hydrogens (tertiary/aromatic N) is 1. The van der Waals surface area contributed by atoms with Gasteiger partial charge in [0.25, 0.3) is 11.8 Å². The van der Waals surface area contributed by atoms with Crippen molar-refractivity contribution in [2.75, 3.05) is 13.7 Å². The molecule has 0 bridgehead atoms. The Bertz CT molecular complexity index is 762. The quantitative estimate of drug-likeness (QED) is 0.622. The molecule has 0 fully saturated rings. The van der Waals surface area contributed by atoms with Gasteiger partial charge in [-0.25, -0.2) is 5.43 Å². The Kier molecular flexibility index (Phi) is 6.33. The first-order chi connectivity index (χ1) is 11.6. The highest BCUT2D eigenvalue weighted by molar-refractivity contribution is 6.30. The Morgan fingerprint density at radius 2 is 2.00 bits per heavy atom. The molecule has 24 heavy (non-hydrogen) atoms. The van der Waals surface area contributed by atoms with Gasteiger partial charge < -0.3 is 10.1 Å². The number of rotatable bonds is 6. The third-order valence-corrected chi connectivity index (χ3v) is 3.26. The molecule has 2 amide bonds. The molecule has 0 aliphatic rings. The zero-order valence-corrected chi connectivity index (χ0v) is 13.7. The van der Waals surface area contributed by atoms with E-state index >= 15 is 0 Å². The Labute approximate surface area is 144 Å². The zero-order valence-electron chi connectivity index (χ0n) is 13.0. The molecule has 0 radical (unpaired) electrons. The van der Waals surface area contributed by atoms with Crippen molar-refractivity contribution >= 4 is 29.6 Å². The molecule has 2 aromatic rings. The number of carbonyl (C=O) groups is 2. The van der Waals surface area contributed by atoms with Gasteiger partial charge in [-0.2, -0.15) is 5.10 Å². The molecule has 0 unspecified atom stereocenters. The minimum absolute atomic E-state index is 0.200. The highest BCUT2D eigenvalue weighted by atomic mass is 35.5. The third kappa shape index (κ3) is 5.10. The number of hydrazone groups is 1. The third-order valence-electron chi connectivity index (χ3n) is 3.03. The Hall–Kier alpha value is -2.86. The molecule has 6 nitrogen and oxygen atoms in total. The Morgan fingerprint density at radius 1 is 1.21 bits per heavy atom. The summed E-state index contributed by atoms with van der Waals surface area (Å²) in [5.41, 5.74) is 3.44. The molecule has 2 aromatic carbocycles. The highest BCUT2D eigenvalue weighted by Gasteiger charge is 2.07. The smallest absolute Gasteiger partial charge is 0.259 e. The summed E-state index contributed by atoms with van der Waals surface area (Å²) in [6.07, 6.45) is 1.47. The Morgan fingerprint density at radius 3 is 2.75 bits per heavy atom. The van der Waals surface area contributed by atoms with Crippen LogP contribution in [-0.2, 0) is 4.79 Å². The Balaban J connectivity index is 1.83. The van der Waals surface area contributed by atoms with E-state index in [2.05, 4.69) is 15.8 Å². The van der Waals surface area contributed by atoms with Crippen molar-refractivity contribution in [2.45, 2.75) is 0 Å². The average molecular weight is 346 g/mol. The van der Waals surface area contributed by atoms with Gasteiger partial charge in [0.05, 0.1) is 19.9 Å². The van der Waals surface area contributed by atoms with Crippen LogP contribution in [0.5, 0.6) is 5.75 Å². The van der Waals surface area contributed by atoms with E-state index in [9.17, 15) is 9.59 Å². The van der Waals surface area contributed by atoms with Gasteiger partial charge in [0.15, 0.2) is 0 Å². The topological polar surface area (TPSA) is 79.8 Å². The molecule has 0 aromatic heterocycles. The molecule has 0 atom stereocenters. The summed E-state index contributed by atoms with van der Waals surface area (Å²) in [7, 11) is 1.55. The fourth-order valence-corrected chi connectivity index (χ4v) is 2.07. The predicted molar refractivity (Wildman–Crippen MR) is 92.5 cm³/mol. The van der Waals surface area contributed by atoms with Crippen molar-refractivity contribution in [3.8, 4) is 5.75 Å². The lowest BCUT2D eigenvalue weighted by molar-refractivity contribution is -0.120. The van der Waals surface area contributed by atoms with Gasteiger partial charge in [-0.3, -0.25) is 9.59 Å². The van der Waals surface area contributed by atoms with Crippen LogP contribution in [-0.4, -0.2) is 31.7 Å². The van der Waals surface area contributed by atoms with E-state index in [0.717, 1.165) is 5.56 Å². The van der Waals surface area contributed by atoms with Crippen LogP contribution < -0.4 is 15.5 Å². The summed E-state index contributed by atoms with van der Waals surface area (Å²) < 4.78 is 5.17. The first-order valence-electron chi connectivity index (χ1n) is 7.09. The maximum absolute atomic E-state index is 11.9. The van der Waals surface area contributed by atoms with Gasteiger partial charge in [0.2, 0.25) is 0 Å². The zero-order chi connectivity index (χ0) is 17.4. The highest BCUT2D eigenvalue weighted by Crippen LogP contribution is 2.14. The van der Waals surface area contributed by atoms with Crippen LogP contribution in [0.15, 0.2) is 53.6 Å². The second-order valence-electron chi connectivity index (χ2n) is 4.73. The lowest BCUT2D eigenvalue weighted by Crippen LogP contribution is -2.34. The van der Waals surface area contributed by atoms with E-state index < -0.39 is 5.91 Å². The monoisotopic (exact) mass is 345 g/mol. The minimum atomic E-state index is -0.448. The second kappa shape index (κ2) is 8.69. The van der Waals surface area contributed by atoms with Gasteiger partial charge in [-0.1, -0.05) is 29.8 Å². The molecule has 2 N–H and O–H groups in total. The van der Waals surface area contributed by atoms with E-state index in [4.69, 9.17) is 16.3 Å². The minimum Gasteiger partial charge on any atom is -0.496 e. The van der Waals surface area contributed by atoms with Crippen LogP contribution >= 0.6 is 11.6 Å². The number of hydrogen-bond acceptors (Lipinski definition) is 4. The molecule has 2 rings (SSSR count). The summed E-state index contributed by atoms with van der Waals surface area (Å²) >= 11 is 5.81. The summed E-state index contributed by atoms with van der Waals surface area (Å²) in [4.78, 5) is 23.6. The van der Waals surface area contributed by atoms with Crippen LogP contribution in [0.1, 0.15) is 15.9 Å². The molecule has 124 valence electrons. The van der Waals surface area contributed by atoms with E-state index in [1.54, 1.807) is 37.4 Å². The largest absolute Gasteiger partial charge is 0.496 e. The SMILES string of the molecule is COc1ccccc1C=NNC(=O)CNC(=O)c1cccc(Cl)c1. The summed E-state index contributed by atoms with van der Waals surface area (Å²) in [6.45, 7) is -0.200. The molecular formula is C17H16ClN3O3. The fourth-order valence-electron chi connectivity index (χ4n) is 1.88. The molecule has 0 saturated carbocycles. The first-order valence-corrected chi connectivity index (χ1v) is 7.46. The number of para-hydroxylation sites is 1. The van der Waals surface area contributed by atoms with Crippen LogP contribution in [0, 0.1) is 0 Å². The molecule has 0 heterocycles. The fraction of sp³-hybridized carbons (Fsp3) is 0.118. The molecule has 0 saturated heterocycles. The van der Waals surface area contributed by atoms with Crippen molar-refractivity contribution in [3.63, 3.8) is 0 Å². The van der Waals surface area contributed by atoms with Crippen LogP contribution in [0.4, 0.5) is 0 Å². The number of halogens is 1. The molecular weight excluding hydrogens is 330 g/mol. The maximum Gasteiger partial charge on any atom is 0.259 e. The van der Waals surface area contributed by atoms with Gasteiger partial charge in [0.1, 0.15) is 5.75 Å². The van der Waals surface area contributed by atoms with Crippen molar-refractivity contribution in [1.29, 1.82) is 0 Å². The number of nitrogens with one attached hydrogen (secondary N) is 2. The molecule has 7 heteroatoms. The van der Waals surface area contributed by atoms with E-state index in [-0.39, 0.29) is 12.5 Å². The van der Waals surface area contributed by atoms with Crippen LogP contribution in [0.3, 0.4) is 0 Å². The molecule has 0 aliphatic heterocycles. The number of methoxy groups -OCH3 is 1. The van der Waals surface area contributed by atoms with Gasteiger partial charge in [0, 0.05) is 16.1 Å². The van der Waals surface area contributed by atoms with Crippen molar-refractivity contribution in [1.82, 2.24) is 10.7 Å². The maximum atomic E-state index is 11.9. The predicted octanol–water partition coefficient (Wildman–Crippen LogP) is 2.23. The van der Waals surface area contributed by atoms with E-state index in [1.165, 1.54) is 12.3 Å².